The Morgan fingerprint density at radius 3 is 2.82 bits per heavy atom. The first-order valence-corrected chi connectivity index (χ1v) is 9.28. The standard InChI is InChI=1S/C16H20N2O3S/c1-17(14-8-11-22(20,21)12-14)16(19)7-10-18-9-6-13-4-2-3-5-15(13)18/h2-6,9,14H,7-8,10-12H2,1H3/t14-/m0/s1. The highest BCUT2D eigenvalue weighted by molar-refractivity contribution is 7.91. The molecule has 1 aliphatic heterocycles. The monoisotopic (exact) mass is 320 g/mol. The Morgan fingerprint density at radius 2 is 2.09 bits per heavy atom. The fourth-order valence-electron chi connectivity index (χ4n) is 3.01. The summed E-state index contributed by atoms with van der Waals surface area (Å²) in [5.74, 6) is 0.291. The second-order valence-corrected chi connectivity index (χ2v) is 8.11. The number of para-hydroxylation sites is 1. The van der Waals surface area contributed by atoms with Gasteiger partial charge in [-0.2, -0.15) is 0 Å². The van der Waals surface area contributed by atoms with Gasteiger partial charge in [-0.15, -0.1) is 0 Å². The van der Waals surface area contributed by atoms with Crippen LogP contribution >= 0.6 is 0 Å². The normalized spacial score (nSPS) is 20.3. The van der Waals surface area contributed by atoms with Crippen LogP contribution in [0.15, 0.2) is 36.5 Å². The minimum absolute atomic E-state index is 0.000110. The lowest BCUT2D eigenvalue weighted by atomic mass is 10.2. The van der Waals surface area contributed by atoms with Crippen LogP contribution in [0.3, 0.4) is 0 Å². The van der Waals surface area contributed by atoms with Crippen LogP contribution in [0.5, 0.6) is 0 Å². The van der Waals surface area contributed by atoms with E-state index in [1.54, 1.807) is 11.9 Å². The summed E-state index contributed by atoms with van der Waals surface area (Å²) in [6.45, 7) is 0.607. The van der Waals surface area contributed by atoms with E-state index in [-0.39, 0.29) is 23.5 Å². The lowest BCUT2D eigenvalue weighted by molar-refractivity contribution is -0.131. The molecule has 0 aliphatic carbocycles. The number of nitrogens with zero attached hydrogens (tertiary/aromatic N) is 2. The number of aromatic nitrogens is 1. The molecule has 0 saturated carbocycles. The highest BCUT2D eigenvalue weighted by Crippen LogP contribution is 2.18. The maximum absolute atomic E-state index is 12.3. The zero-order valence-corrected chi connectivity index (χ0v) is 13.4. The maximum Gasteiger partial charge on any atom is 0.224 e. The first-order chi connectivity index (χ1) is 10.5. The number of aryl methyl sites for hydroxylation is 1. The SMILES string of the molecule is CN(C(=O)CCn1ccc2ccccc21)[C@H]1CCS(=O)(=O)C1. The van der Waals surface area contributed by atoms with Gasteiger partial charge in [-0.1, -0.05) is 18.2 Å². The highest BCUT2D eigenvalue weighted by Gasteiger charge is 2.32. The molecule has 0 N–H and O–H groups in total. The molecule has 2 heterocycles. The Morgan fingerprint density at radius 1 is 1.32 bits per heavy atom. The average molecular weight is 320 g/mol. The molecular formula is C16H20N2O3S. The van der Waals surface area contributed by atoms with Gasteiger partial charge < -0.3 is 9.47 Å². The average Bonchev–Trinajstić information content (AvgIpc) is 3.07. The predicted molar refractivity (Wildman–Crippen MR) is 86.4 cm³/mol. The summed E-state index contributed by atoms with van der Waals surface area (Å²) >= 11 is 0. The Hall–Kier alpha value is -1.82. The molecule has 0 spiro atoms. The number of benzene rings is 1. The molecule has 1 aliphatic rings. The van der Waals surface area contributed by atoms with Crippen LogP contribution in [0.25, 0.3) is 10.9 Å². The van der Waals surface area contributed by atoms with Crippen molar-refractivity contribution in [3.05, 3.63) is 36.5 Å². The number of hydrogen-bond donors (Lipinski definition) is 0. The summed E-state index contributed by atoms with van der Waals surface area (Å²) in [5.41, 5.74) is 1.11. The van der Waals surface area contributed by atoms with Gasteiger partial charge >= 0.3 is 0 Å². The van der Waals surface area contributed by atoms with Gasteiger partial charge in [-0.05, 0) is 23.9 Å². The van der Waals surface area contributed by atoms with E-state index in [1.807, 2.05) is 36.5 Å². The van der Waals surface area contributed by atoms with Crippen molar-refractivity contribution in [2.75, 3.05) is 18.6 Å². The number of carbonyl (C=O) groups is 1. The van der Waals surface area contributed by atoms with E-state index in [4.69, 9.17) is 0 Å². The maximum atomic E-state index is 12.3. The molecule has 22 heavy (non-hydrogen) atoms. The van der Waals surface area contributed by atoms with Crippen molar-refractivity contribution in [1.29, 1.82) is 0 Å². The zero-order chi connectivity index (χ0) is 15.7. The summed E-state index contributed by atoms with van der Waals surface area (Å²) < 4.78 is 25.1. The summed E-state index contributed by atoms with van der Waals surface area (Å²) in [6, 6.07) is 9.92. The van der Waals surface area contributed by atoms with E-state index in [9.17, 15) is 13.2 Å². The summed E-state index contributed by atoms with van der Waals surface area (Å²) in [4.78, 5) is 13.9. The molecule has 1 atom stereocenters. The lowest BCUT2D eigenvalue weighted by Crippen LogP contribution is -2.38. The molecule has 3 rings (SSSR count). The van der Waals surface area contributed by atoms with Crippen molar-refractivity contribution in [1.82, 2.24) is 9.47 Å². The van der Waals surface area contributed by atoms with Crippen LogP contribution in [-0.2, 0) is 21.2 Å². The van der Waals surface area contributed by atoms with E-state index in [2.05, 4.69) is 4.57 Å². The first kappa shape index (κ1) is 15.1. The molecule has 0 unspecified atom stereocenters. The van der Waals surface area contributed by atoms with Crippen molar-refractivity contribution in [3.8, 4) is 0 Å². The van der Waals surface area contributed by atoms with Gasteiger partial charge in [0.2, 0.25) is 5.91 Å². The van der Waals surface area contributed by atoms with E-state index >= 15 is 0 Å². The number of fused-ring (bicyclic) bond motifs is 1. The van der Waals surface area contributed by atoms with Gasteiger partial charge in [0.25, 0.3) is 0 Å². The Labute approximate surface area is 130 Å². The van der Waals surface area contributed by atoms with Gasteiger partial charge in [0.1, 0.15) is 0 Å². The topological polar surface area (TPSA) is 59.4 Å². The molecule has 118 valence electrons. The quantitative estimate of drug-likeness (QED) is 0.861. The van der Waals surface area contributed by atoms with E-state index in [1.165, 1.54) is 0 Å². The Balaban J connectivity index is 1.63. The zero-order valence-electron chi connectivity index (χ0n) is 12.6. The fraction of sp³-hybridized carbons (Fsp3) is 0.438. The molecule has 0 bridgehead atoms. The second-order valence-electron chi connectivity index (χ2n) is 5.88. The molecule has 1 fully saturated rings. The third kappa shape index (κ3) is 3.02. The van der Waals surface area contributed by atoms with Crippen LogP contribution in [0.1, 0.15) is 12.8 Å². The number of sulfone groups is 1. The van der Waals surface area contributed by atoms with E-state index in [0.29, 0.717) is 19.4 Å². The number of carbonyl (C=O) groups excluding carboxylic acids is 1. The molecule has 1 aromatic carbocycles. The van der Waals surface area contributed by atoms with E-state index < -0.39 is 9.84 Å². The van der Waals surface area contributed by atoms with Gasteiger partial charge in [0, 0.05) is 37.8 Å². The van der Waals surface area contributed by atoms with Crippen molar-refractivity contribution in [2.45, 2.75) is 25.4 Å². The third-order valence-electron chi connectivity index (χ3n) is 4.40. The van der Waals surface area contributed by atoms with Crippen LogP contribution in [-0.4, -0.2) is 48.4 Å². The Kier molecular flexibility index (Phi) is 3.95. The highest BCUT2D eigenvalue weighted by atomic mass is 32.2. The lowest BCUT2D eigenvalue weighted by Gasteiger charge is -2.23. The first-order valence-electron chi connectivity index (χ1n) is 7.46. The Bertz CT molecular complexity index is 795. The second kappa shape index (κ2) is 5.76. The predicted octanol–water partition coefficient (Wildman–Crippen LogP) is 1.68. The van der Waals surface area contributed by atoms with Gasteiger partial charge in [-0.25, -0.2) is 8.42 Å². The summed E-state index contributed by atoms with van der Waals surface area (Å²) in [5, 5.41) is 1.16. The number of rotatable bonds is 4. The van der Waals surface area contributed by atoms with Crippen molar-refractivity contribution < 1.29 is 13.2 Å². The molecule has 5 nitrogen and oxygen atoms in total. The van der Waals surface area contributed by atoms with E-state index in [0.717, 1.165) is 10.9 Å². The third-order valence-corrected chi connectivity index (χ3v) is 6.15. The van der Waals surface area contributed by atoms with Crippen LogP contribution in [0.4, 0.5) is 0 Å². The summed E-state index contributed by atoms with van der Waals surface area (Å²) in [6.07, 6.45) is 2.92. The van der Waals surface area contributed by atoms with Gasteiger partial charge in [0.05, 0.1) is 11.5 Å². The van der Waals surface area contributed by atoms with Crippen LogP contribution in [0.2, 0.25) is 0 Å². The van der Waals surface area contributed by atoms with Gasteiger partial charge in [0.15, 0.2) is 9.84 Å². The van der Waals surface area contributed by atoms with Crippen molar-refractivity contribution in [3.63, 3.8) is 0 Å². The molecule has 1 saturated heterocycles. The molecule has 6 heteroatoms. The minimum atomic E-state index is -2.96. The number of amides is 1. The molecular weight excluding hydrogens is 300 g/mol. The molecule has 0 radical (unpaired) electrons. The van der Waals surface area contributed by atoms with Crippen molar-refractivity contribution >= 4 is 26.6 Å². The van der Waals surface area contributed by atoms with Gasteiger partial charge in [-0.3, -0.25) is 4.79 Å². The molecule has 2 aromatic rings. The smallest absolute Gasteiger partial charge is 0.224 e. The molecule has 1 amide bonds. The van der Waals surface area contributed by atoms with Crippen molar-refractivity contribution in [2.24, 2.45) is 0 Å². The summed E-state index contributed by atoms with van der Waals surface area (Å²) in [7, 11) is -1.25. The molecule has 1 aromatic heterocycles. The largest absolute Gasteiger partial charge is 0.347 e. The fourth-order valence-corrected chi connectivity index (χ4v) is 4.79. The minimum Gasteiger partial charge on any atom is -0.347 e. The van der Waals surface area contributed by atoms with Crippen LogP contribution < -0.4 is 0 Å². The van der Waals surface area contributed by atoms with Crippen LogP contribution in [0, 0.1) is 0 Å². The number of hydrogen-bond acceptors (Lipinski definition) is 3.